The monoisotopic (exact) mass is 1050 g/mol. The number of benzene rings is 5. The second kappa shape index (κ2) is 23.4. The van der Waals surface area contributed by atoms with Crippen molar-refractivity contribution >= 4 is 71.8 Å². The molecule has 11 heteroatoms. The number of esters is 1. The van der Waals surface area contributed by atoms with Gasteiger partial charge in [-0.05, 0) is 80.6 Å². The molecule has 0 N–H and O–H groups in total. The number of rotatable bonds is 19. The molecule has 8 rings (SSSR count). The highest BCUT2D eigenvalue weighted by molar-refractivity contribution is 7.18. The molecule has 2 aliphatic rings. The van der Waals surface area contributed by atoms with E-state index in [9.17, 15) is 4.79 Å². The number of allylic oxidation sites excluding steroid dienone is 5. The molecule has 1 aliphatic carbocycles. The third-order valence-electron chi connectivity index (χ3n) is 14.4. The molecule has 4 atom stereocenters. The fourth-order valence-corrected chi connectivity index (χ4v) is 21.7. The topological polar surface area (TPSA) is 66.5 Å². The normalized spacial score (nSPS) is 16.7. The summed E-state index contributed by atoms with van der Waals surface area (Å²) in [6.07, 6.45) is 14.4. The van der Waals surface area contributed by atoms with Gasteiger partial charge in [0.15, 0.2) is 4.88 Å². The highest BCUT2D eigenvalue weighted by atomic mass is 35.5. The van der Waals surface area contributed by atoms with E-state index in [2.05, 4.69) is 193 Å². The van der Waals surface area contributed by atoms with Gasteiger partial charge in [-0.25, -0.2) is 4.79 Å². The lowest BCUT2D eigenvalue weighted by Crippen LogP contribution is -2.66. The Kier molecular flexibility index (Phi) is 17.2. The Hall–Kier alpha value is -5.47. The Balaban J connectivity index is 1.15. The van der Waals surface area contributed by atoms with Crippen LogP contribution >= 0.6 is 22.9 Å². The number of carbonyl (C=O) groups is 1. The smallest absolute Gasteiger partial charge is 0.351 e. The van der Waals surface area contributed by atoms with Crippen LogP contribution in [-0.2, 0) is 20.0 Å². The van der Waals surface area contributed by atoms with Crippen LogP contribution in [0.5, 0.6) is 11.5 Å². The van der Waals surface area contributed by atoms with Gasteiger partial charge in [0.2, 0.25) is 0 Å². The number of methoxy groups -OCH3 is 1. The third kappa shape index (κ3) is 11.6. The highest BCUT2D eigenvalue weighted by Gasteiger charge is 2.53. The number of carbonyl (C=O) groups excluding carboxylic acids is 1. The summed E-state index contributed by atoms with van der Waals surface area (Å²) in [5.74, 6) is 1.08. The molecular formula is C62H72ClNO6SSi2. The van der Waals surface area contributed by atoms with Crippen LogP contribution in [0.25, 0.3) is 0 Å². The second-order valence-corrected chi connectivity index (χ2v) is 31.3. The minimum Gasteiger partial charge on any atom is -0.490 e. The lowest BCUT2D eigenvalue weighted by atomic mass is 10.0. The molecule has 0 saturated carbocycles. The van der Waals surface area contributed by atoms with Crippen molar-refractivity contribution in [2.45, 2.75) is 110 Å². The molecule has 5 aromatic carbocycles. The number of hydrogen-bond acceptors (Lipinski definition) is 8. The van der Waals surface area contributed by atoms with Crippen LogP contribution in [0.1, 0.15) is 108 Å². The fraction of sp³-hybridized carbons (Fsp3) is 0.339. The molecule has 0 spiro atoms. The van der Waals surface area contributed by atoms with Gasteiger partial charge in [0.1, 0.15) is 28.7 Å². The zero-order chi connectivity index (χ0) is 51.8. The van der Waals surface area contributed by atoms with E-state index in [1.807, 2.05) is 37.3 Å². The Morgan fingerprint density at radius 1 is 0.740 bits per heavy atom. The van der Waals surface area contributed by atoms with Crippen LogP contribution in [0.2, 0.25) is 15.1 Å². The summed E-state index contributed by atoms with van der Waals surface area (Å²) in [6, 6.07) is 48.6. The quantitative estimate of drug-likeness (QED) is 0.0591. The number of halogens is 1. The van der Waals surface area contributed by atoms with Gasteiger partial charge in [0.25, 0.3) is 16.6 Å². The van der Waals surface area contributed by atoms with E-state index in [1.165, 1.54) is 44.8 Å². The van der Waals surface area contributed by atoms with Crippen molar-refractivity contribution in [3.05, 3.63) is 196 Å². The number of fused-ring (bicyclic) bond motifs is 1. The van der Waals surface area contributed by atoms with Gasteiger partial charge in [0.05, 0.1) is 12.8 Å². The van der Waals surface area contributed by atoms with E-state index in [-0.39, 0.29) is 16.2 Å². The molecular weight excluding hydrogens is 978 g/mol. The van der Waals surface area contributed by atoms with E-state index >= 15 is 0 Å². The second-order valence-electron chi connectivity index (χ2n) is 21.3. The first-order valence-electron chi connectivity index (χ1n) is 25.8. The van der Waals surface area contributed by atoms with E-state index < -0.39 is 28.7 Å². The van der Waals surface area contributed by atoms with Gasteiger partial charge in [-0.15, -0.1) is 11.3 Å². The molecule has 73 heavy (non-hydrogen) atoms. The van der Waals surface area contributed by atoms with Crippen LogP contribution in [0.15, 0.2) is 175 Å². The van der Waals surface area contributed by atoms with Gasteiger partial charge < -0.3 is 28.0 Å². The van der Waals surface area contributed by atoms with Crippen molar-refractivity contribution in [2.75, 3.05) is 25.2 Å². The average Bonchev–Trinajstić information content (AvgIpc) is 3.68. The van der Waals surface area contributed by atoms with Gasteiger partial charge >= 0.3 is 5.97 Å². The molecule has 0 fully saturated rings. The number of ether oxygens (including phenoxy) is 3. The van der Waals surface area contributed by atoms with Crippen LogP contribution in [0.3, 0.4) is 0 Å². The molecule has 3 unspecified atom stereocenters. The van der Waals surface area contributed by atoms with E-state index in [0.717, 1.165) is 41.3 Å². The van der Waals surface area contributed by atoms with Crippen LogP contribution in [0, 0.1) is 5.92 Å². The maximum absolute atomic E-state index is 13.4. The van der Waals surface area contributed by atoms with Gasteiger partial charge in [-0.3, -0.25) is 0 Å². The zero-order valence-corrected chi connectivity index (χ0v) is 47.6. The maximum atomic E-state index is 13.4. The molecule has 6 aromatic rings. The minimum atomic E-state index is -2.84. The summed E-state index contributed by atoms with van der Waals surface area (Å²) >= 11 is 7.94. The van der Waals surface area contributed by atoms with Gasteiger partial charge in [0, 0.05) is 55.0 Å². The largest absolute Gasteiger partial charge is 0.490 e. The summed E-state index contributed by atoms with van der Waals surface area (Å²) in [4.78, 5) is 15.9. The predicted octanol–water partition coefficient (Wildman–Crippen LogP) is 14.8. The van der Waals surface area contributed by atoms with Crippen LogP contribution in [0.4, 0.5) is 10.7 Å². The van der Waals surface area contributed by atoms with Crippen LogP contribution < -0.4 is 29.9 Å². The standard InChI is InChI=1S/C62H72ClNO6SSi2/c1-45-25-19-22-35-57(45)73(62(6,7)8,52-31-17-12-18-32-52)68-42-39-48(38-41-67-72(61(3,4)5,50-27-13-10-14-28-50)51-29-15-11-16-30-51)70-49-37-36-47-26-23-24-40-64(55(47)43-49)58-44-56(59(71-58)60(65)66-9)69-46(2)53-33-20-21-34-54(53)63/h10-22,24,27-37,40,43-46,48H,23,25-26,38-39,41-42H2,1-9H3/t45?,46-,48?,73?/m1/s1. The van der Waals surface area contributed by atoms with E-state index in [0.29, 0.717) is 47.6 Å². The summed E-state index contributed by atoms with van der Waals surface area (Å²) in [6.45, 7) is 19.3. The highest BCUT2D eigenvalue weighted by Crippen LogP contribution is 2.47. The summed E-state index contributed by atoms with van der Waals surface area (Å²) < 4.78 is 34.3. The summed E-state index contributed by atoms with van der Waals surface area (Å²) in [5, 5.41) is 6.30. The zero-order valence-electron chi connectivity index (χ0n) is 44.0. The third-order valence-corrected chi connectivity index (χ3v) is 26.3. The summed E-state index contributed by atoms with van der Waals surface area (Å²) in [5.41, 5.74) is 2.97. The minimum absolute atomic E-state index is 0.149. The Morgan fingerprint density at radius 2 is 1.32 bits per heavy atom. The maximum Gasteiger partial charge on any atom is 0.351 e. The van der Waals surface area contributed by atoms with Crippen molar-refractivity contribution < 1.29 is 27.9 Å². The summed E-state index contributed by atoms with van der Waals surface area (Å²) in [7, 11) is -4.27. The molecule has 0 bridgehead atoms. The molecule has 382 valence electrons. The van der Waals surface area contributed by atoms with Crippen molar-refractivity contribution in [3.63, 3.8) is 0 Å². The first kappa shape index (κ1) is 53.8. The molecule has 7 nitrogen and oxygen atoms in total. The number of nitrogens with zero attached hydrogens (tertiary/aromatic N) is 1. The van der Waals surface area contributed by atoms with Crippen LogP contribution in [-0.4, -0.2) is 49.0 Å². The van der Waals surface area contributed by atoms with E-state index in [4.69, 9.17) is 34.7 Å². The first-order chi connectivity index (χ1) is 35.1. The molecule has 0 saturated heterocycles. The Labute approximate surface area is 445 Å². The molecule has 0 amide bonds. The lowest BCUT2D eigenvalue weighted by molar-refractivity contribution is 0.0600. The number of aryl methyl sites for hydroxylation is 1. The lowest BCUT2D eigenvalue weighted by Gasteiger charge is -2.46. The van der Waals surface area contributed by atoms with Crippen molar-refractivity contribution in [1.82, 2.24) is 0 Å². The van der Waals surface area contributed by atoms with Crippen molar-refractivity contribution in [2.24, 2.45) is 5.92 Å². The predicted molar refractivity (Wildman–Crippen MR) is 308 cm³/mol. The van der Waals surface area contributed by atoms with E-state index in [1.54, 1.807) is 0 Å². The Bertz CT molecular complexity index is 2850. The van der Waals surface area contributed by atoms with Crippen molar-refractivity contribution in [1.29, 1.82) is 0 Å². The molecule has 0 radical (unpaired) electrons. The molecule has 2 heterocycles. The fourth-order valence-electron chi connectivity index (χ4n) is 10.8. The SMILES string of the molecule is COC(=O)c1sc(N2C=CCCc3ccc(OC(CCO[Si](C4=CC=CCC4C)(c4ccccc4)C(C)(C)C)CCO[Si](c4ccccc4)(c4ccccc4)C(C)(C)C)cc32)cc1O[C@H](C)c1ccccc1Cl. The molecule has 1 aliphatic heterocycles. The van der Waals surface area contributed by atoms with Gasteiger partial charge in [-0.2, -0.15) is 0 Å². The first-order valence-corrected chi connectivity index (χ1v) is 30.8. The van der Waals surface area contributed by atoms with Crippen molar-refractivity contribution in [3.8, 4) is 11.5 Å². The average molecular weight is 1050 g/mol. The molecule has 1 aromatic heterocycles. The number of hydrogen-bond donors (Lipinski definition) is 0. The number of anilines is 2. The van der Waals surface area contributed by atoms with Gasteiger partial charge in [-0.1, -0.05) is 200 Å². The Morgan fingerprint density at radius 3 is 1.89 bits per heavy atom. The number of thiophene rings is 1.